The first-order valence-electron chi connectivity index (χ1n) is 6.13. The van der Waals surface area contributed by atoms with Crippen LogP contribution in [0.15, 0.2) is 24.4 Å². The molecule has 0 amide bonds. The number of carbonyl (C=O) groups excluding carboxylic acids is 1. The van der Waals surface area contributed by atoms with Gasteiger partial charge >= 0.3 is 5.97 Å². The van der Waals surface area contributed by atoms with E-state index in [9.17, 15) is 4.79 Å². The fourth-order valence-electron chi connectivity index (χ4n) is 1.47. The first kappa shape index (κ1) is 15.8. The van der Waals surface area contributed by atoms with Crippen LogP contribution >= 0.6 is 24.4 Å². The number of nitrogens with one attached hydrogen (secondary N) is 1. The van der Waals surface area contributed by atoms with Gasteiger partial charge in [-0.25, -0.2) is 4.79 Å². The zero-order valence-corrected chi connectivity index (χ0v) is 12.6. The van der Waals surface area contributed by atoms with E-state index >= 15 is 0 Å². The van der Waals surface area contributed by atoms with E-state index in [0.717, 1.165) is 25.8 Å². The van der Waals surface area contributed by atoms with Gasteiger partial charge in [-0.15, -0.1) is 0 Å². The third-order valence-electron chi connectivity index (χ3n) is 2.52. The van der Waals surface area contributed by atoms with Crippen molar-refractivity contribution in [2.75, 3.05) is 6.61 Å². The second kappa shape index (κ2) is 8.01. The smallest absolute Gasteiger partial charge is 0.333 e. The van der Waals surface area contributed by atoms with Crippen LogP contribution in [0.2, 0.25) is 0 Å². The lowest BCUT2D eigenvalue weighted by Crippen LogP contribution is -2.07. The van der Waals surface area contributed by atoms with Crippen LogP contribution in [0, 0.1) is 9.41 Å². The number of hydrogen-bond acceptors (Lipinski definition) is 4. The summed E-state index contributed by atoms with van der Waals surface area (Å²) < 4.78 is 8.25. The summed E-state index contributed by atoms with van der Waals surface area (Å²) in [6.07, 6.45) is 4.68. The number of H-pyrrole nitrogens is 1. The van der Waals surface area contributed by atoms with Gasteiger partial charge in [0, 0.05) is 18.3 Å². The Morgan fingerprint density at radius 2 is 2.16 bits per heavy atom. The topological polar surface area (TPSA) is 47.0 Å². The van der Waals surface area contributed by atoms with Crippen molar-refractivity contribution in [1.82, 2.24) is 9.55 Å². The standard InChI is InChI=1S/C13H18N2O2S2/c1-10(2)12(16)17-9-5-3-4-7-15-8-6-11(18)14-13(15)19/h6,8H,1,3-5,7,9H2,2H3,(H,14,18,19). The van der Waals surface area contributed by atoms with Gasteiger partial charge in [0.25, 0.3) is 0 Å². The summed E-state index contributed by atoms with van der Waals surface area (Å²) in [4.78, 5) is 14.1. The molecule has 0 spiro atoms. The normalized spacial score (nSPS) is 10.2. The lowest BCUT2D eigenvalue weighted by atomic mass is 10.2. The Balaban J connectivity index is 2.21. The van der Waals surface area contributed by atoms with Crippen molar-refractivity contribution < 1.29 is 9.53 Å². The number of esters is 1. The van der Waals surface area contributed by atoms with Crippen molar-refractivity contribution >= 4 is 30.4 Å². The molecule has 19 heavy (non-hydrogen) atoms. The Bertz CT molecular complexity index is 560. The van der Waals surface area contributed by atoms with Crippen LogP contribution in [0.4, 0.5) is 0 Å². The Hall–Kier alpha value is -1.27. The number of aromatic amines is 1. The van der Waals surface area contributed by atoms with Gasteiger partial charge in [0.15, 0.2) is 4.77 Å². The largest absolute Gasteiger partial charge is 0.462 e. The highest BCUT2D eigenvalue weighted by Crippen LogP contribution is 2.02. The van der Waals surface area contributed by atoms with E-state index in [-0.39, 0.29) is 5.97 Å². The molecule has 104 valence electrons. The molecular formula is C13H18N2O2S2. The van der Waals surface area contributed by atoms with Gasteiger partial charge in [-0.1, -0.05) is 18.8 Å². The van der Waals surface area contributed by atoms with Crippen molar-refractivity contribution in [2.45, 2.75) is 32.7 Å². The van der Waals surface area contributed by atoms with E-state index in [0.29, 0.717) is 21.6 Å². The summed E-state index contributed by atoms with van der Waals surface area (Å²) in [5.41, 5.74) is 0.436. The van der Waals surface area contributed by atoms with Crippen LogP contribution in [0.1, 0.15) is 26.2 Å². The maximum absolute atomic E-state index is 11.1. The summed E-state index contributed by atoms with van der Waals surface area (Å²) in [5.74, 6) is -0.321. The van der Waals surface area contributed by atoms with E-state index in [1.807, 2.05) is 16.8 Å². The molecule has 0 bridgehead atoms. The van der Waals surface area contributed by atoms with Gasteiger partial charge in [-0.3, -0.25) is 0 Å². The molecule has 0 saturated carbocycles. The van der Waals surface area contributed by atoms with Crippen molar-refractivity contribution in [3.63, 3.8) is 0 Å². The molecule has 1 heterocycles. The summed E-state index contributed by atoms with van der Waals surface area (Å²) in [5, 5.41) is 0. The molecule has 1 N–H and O–H groups in total. The van der Waals surface area contributed by atoms with Gasteiger partial charge < -0.3 is 14.3 Å². The Morgan fingerprint density at radius 3 is 2.79 bits per heavy atom. The summed E-state index contributed by atoms with van der Waals surface area (Å²) >= 11 is 10.1. The highest BCUT2D eigenvalue weighted by atomic mass is 32.1. The minimum absolute atomic E-state index is 0.321. The van der Waals surface area contributed by atoms with E-state index in [4.69, 9.17) is 29.2 Å². The van der Waals surface area contributed by atoms with Crippen LogP contribution in [0.25, 0.3) is 0 Å². The number of aryl methyl sites for hydroxylation is 1. The molecule has 0 saturated heterocycles. The van der Waals surface area contributed by atoms with Crippen LogP contribution in [-0.2, 0) is 16.1 Å². The first-order valence-corrected chi connectivity index (χ1v) is 6.95. The lowest BCUT2D eigenvalue weighted by molar-refractivity contribution is -0.139. The van der Waals surface area contributed by atoms with Gasteiger partial charge in [0.05, 0.1) is 6.61 Å². The SMILES string of the molecule is C=C(C)C(=O)OCCCCCn1ccc(=S)[nH]c1=S. The molecule has 1 rings (SSSR count). The second-order valence-electron chi connectivity index (χ2n) is 4.28. The number of hydrogen-bond donors (Lipinski definition) is 1. The third-order valence-corrected chi connectivity index (χ3v) is 3.10. The molecule has 1 aromatic heterocycles. The number of rotatable bonds is 7. The predicted octanol–water partition coefficient (Wildman–Crippen LogP) is 3.56. The predicted molar refractivity (Wildman–Crippen MR) is 80.1 cm³/mol. The minimum Gasteiger partial charge on any atom is -0.462 e. The Morgan fingerprint density at radius 1 is 1.42 bits per heavy atom. The van der Waals surface area contributed by atoms with Crippen molar-refractivity contribution in [2.24, 2.45) is 0 Å². The molecule has 0 atom stereocenters. The monoisotopic (exact) mass is 298 g/mol. The zero-order chi connectivity index (χ0) is 14.3. The molecular weight excluding hydrogens is 280 g/mol. The fourth-order valence-corrected chi connectivity index (χ4v) is 1.95. The van der Waals surface area contributed by atoms with Crippen molar-refractivity contribution in [1.29, 1.82) is 0 Å². The molecule has 0 radical (unpaired) electrons. The van der Waals surface area contributed by atoms with E-state index in [1.165, 1.54) is 0 Å². The first-order chi connectivity index (χ1) is 9.00. The molecule has 0 aliphatic rings. The Labute approximate surface area is 123 Å². The molecule has 0 fully saturated rings. The maximum atomic E-state index is 11.1. The van der Waals surface area contributed by atoms with Gasteiger partial charge in [-0.05, 0) is 44.5 Å². The summed E-state index contributed by atoms with van der Waals surface area (Å²) in [6, 6.07) is 1.82. The summed E-state index contributed by atoms with van der Waals surface area (Å²) in [7, 11) is 0. The zero-order valence-electron chi connectivity index (χ0n) is 11.0. The Kier molecular flexibility index (Phi) is 6.66. The molecule has 6 heteroatoms. The second-order valence-corrected chi connectivity index (χ2v) is 5.11. The van der Waals surface area contributed by atoms with E-state index in [2.05, 4.69) is 11.6 Å². The fraction of sp³-hybridized carbons (Fsp3) is 0.462. The molecule has 4 nitrogen and oxygen atoms in total. The molecule has 1 aromatic rings. The van der Waals surface area contributed by atoms with E-state index in [1.54, 1.807) is 6.92 Å². The molecule has 0 aromatic carbocycles. The number of carbonyl (C=O) groups is 1. The van der Waals surface area contributed by atoms with Gasteiger partial charge in [0.1, 0.15) is 4.64 Å². The average molecular weight is 298 g/mol. The van der Waals surface area contributed by atoms with Crippen LogP contribution in [0.3, 0.4) is 0 Å². The number of nitrogens with zero attached hydrogens (tertiary/aromatic N) is 1. The summed E-state index contributed by atoms with van der Waals surface area (Å²) in [6.45, 7) is 6.44. The molecule has 0 aliphatic carbocycles. The lowest BCUT2D eigenvalue weighted by Gasteiger charge is -2.07. The third kappa shape index (κ3) is 5.94. The number of unbranched alkanes of at least 4 members (excludes halogenated alkanes) is 2. The van der Waals surface area contributed by atoms with Crippen molar-refractivity contribution in [3.8, 4) is 0 Å². The number of ether oxygens (including phenoxy) is 1. The quantitative estimate of drug-likeness (QED) is 0.362. The minimum atomic E-state index is -0.321. The maximum Gasteiger partial charge on any atom is 0.333 e. The average Bonchev–Trinajstić information content (AvgIpc) is 2.35. The van der Waals surface area contributed by atoms with E-state index < -0.39 is 0 Å². The van der Waals surface area contributed by atoms with Crippen LogP contribution in [0.5, 0.6) is 0 Å². The highest BCUT2D eigenvalue weighted by Gasteiger charge is 2.01. The molecule has 0 aliphatic heterocycles. The highest BCUT2D eigenvalue weighted by molar-refractivity contribution is 7.72. The molecule has 0 unspecified atom stereocenters. The van der Waals surface area contributed by atoms with Gasteiger partial charge in [0.2, 0.25) is 0 Å². The van der Waals surface area contributed by atoms with Gasteiger partial charge in [-0.2, -0.15) is 0 Å². The van der Waals surface area contributed by atoms with Crippen LogP contribution in [-0.4, -0.2) is 22.1 Å². The number of aromatic nitrogens is 2. The van der Waals surface area contributed by atoms with Crippen LogP contribution < -0.4 is 0 Å². The van der Waals surface area contributed by atoms with Crippen molar-refractivity contribution in [3.05, 3.63) is 33.8 Å².